The number of H-pyrrole nitrogens is 1. The van der Waals surface area contributed by atoms with E-state index in [-0.39, 0.29) is 12.4 Å². The lowest BCUT2D eigenvalue weighted by Crippen LogP contribution is -2.49. The van der Waals surface area contributed by atoms with Crippen molar-refractivity contribution in [2.75, 3.05) is 19.6 Å². The van der Waals surface area contributed by atoms with Crippen LogP contribution in [-0.2, 0) is 12.7 Å². The minimum Gasteiger partial charge on any atom is -0.314 e. The van der Waals surface area contributed by atoms with Gasteiger partial charge in [0.15, 0.2) is 5.69 Å². The molecule has 0 aromatic carbocycles. The molecule has 1 aliphatic heterocycles. The molecule has 2 rings (SSSR count). The Bertz CT molecular complexity index is 379. The number of alkyl halides is 3. The molecule has 2 N–H and O–H groups in total. The van der Waals surface area contributed by atoms with E-state index in [0.717, 1.165) is 25.7 Å². The Hall–Kier alpha value is -0.790. The van der Waals surface area contributed by atoms with Crippen LogP contribution in [0.5, 0.6) is 0 Å². The first kappa shape index (κ1) is 15.3. The second-order valence-corrected chi connectivity index (χ2v) is 4.30. The van der Waals surface area contributed by atoms with Gasteiger partial charge < -0.3 is 5.32 Å². The predicted molar refractivity (Wildman–Crippen MR) is 63.6 cm³/mol. The molecule has 0 radical (unpaired) electrons. The fourth-order valence-corrected chi connectivity index (χ4v) is 1.92. The van der Waals surface area contributed by atoms with Crippen molar-refractivity contribution in [2.24, 2.45) is 0 Å². The van der Waals surface area contributed by atoms with Gasteiger partial charge in [0, 0.05) is 37.9 Å². The molecule has 1 aromatic rings. The van der Waals surface area contributed by atoms with Crippen molar-refractivity contribution in [2.45, 2.75) is 25.7 Å². The van der Waals surface area contributed by atoms with E-state index in [1.165, 1.54) is 0 Å². The average molecular weight is 285 g/mol. The number of piperazine rings is 1. The minimum absolute atomic E-state index is 0. The number of nitrogens with one attached hydrogen (secondary N) is 2. The molecule has 8 heteroatoms. The Morgan fingerprint density at radius 1 is 1.50 bits per heavy atom. The number of nitrogens with zero attached hydrogens (tertiary/aromatic N) is 2. The molecule has 18 heavy (non-hydrogen) atoms. The van der Waals surface area contributed by atoms with Crippen LogP contribution >= 0.6 is 12.4 Å². The van der Waals surface area contributed by atoms with Gasteiger partial charge in [-0.3, -0.25) is 10.00 Å². The number of aromatic nitrogens is 2. The molecule has 0 aliphatic carbocycles. The summed E-state index contributed by atoms with van der Waals surface area (Å²) in [5, 5.41) is 8.97. The number of halogens is 4. The summed E-state index contributed by atoms with van der Waals surface area (Å²) >= 11 is 0. The van der Waals surface area contributed by atoms with Crippen LogP contribution in [-0.4, -0.2) is 40.8 Å². The van der Waals surface area contributed by atoms with Crippen LogP contribution in [0.25, 0.3) is 0 Å². The van der Waals surface area contributed by atoms with Gasteiger partial charge in [-0.2, -0.15) is 18.3 Å². The van der Waals surface area contributed by atoms with E-state index in [0.29, 0.717) is 18.3 Å². The molecule has 0 unspecified atom stereocenters. The molecule has 0 spiro atoms. The summed E-state index contributed by atoms with van der Waals surface area (Å²) in [5.74, 6) is 0. The first-order valence-corrected chi connectivity index (χ1v) is 5.53. The van der Waals surface area contributed by atoms with Crippen LogP contribution in [0.3, 0.4) is 0 Å². The van der Waals surface area contributed by atoms with Crippen LogP contribution in [0.4, 0.5) is 13.2 Å². The quantitative estimate of drug-likeness (QED) is 0.868. The first-order chi connectivity index (χ1) is 7.97. The van der Waals surface area contributed by atoms with E-state index >= 15 is 0 Å². The van der Waals surface area contributed by atoms with Gasteiger partial charge in [-0.1, -0.05) is 0 Å². The normalized spacial score (nSPS) is 21.7. The van der Waals surface area contributed by atoms with E-state index in [1.807, 2.05) is 6.92 Å². The number of hydrogen-bond acceptors (Lipinski definition) is 3. The Kier molecular flexibility index (Phi) is 5.01. The summed E-state index contributed by atoms with van der Waals surface area (Å²) in [6.45, 7) is 5.09. The van der Waals surface area contributed by atoms with Gasteiger partial charge in [-0.05, 0) is 13.0 Å². The maximum absolute atomic E-state index is 12.4. The monoisotopic (exact) mass is 284 g/mol. The van der Waals surface area contributed by atoms with E-state index in [1.54, 1.807) is 0 Å². The molecule has 1 saturated heterocycles. The zero-order chi connectivity index (χ0) is 12.5. The summed E-state index contributed by atoms with van der Waals surface area (Å²) in [6.07, 6.45) is -4.37. The lowest BCUT2D eigenvalue weighted by Gasteiger charge is -2.33. The molecule has 1 aliphatic rings. The van der Waals surface area contributed by atoms with Crippen molar-refractivity contribution in [1.29, 1.82) is 0 Å². The van der Waals surface area contributed by atoms with Crippen molar-refractivity contribution in [3.8, 4) is 0 Å². The highest BCUT2D eigenvalue weighted by atomic mass is 35.5. The topological polar surface area (TPSA) is 44.0 Å². The van der Waals surface area contributed by atoms with E-state index < -0.39 is 11.9 Å². The highest BCUT2D eigenvalue weighted by Crippen LogP contribution is 2.27. The van der Waals surface area contributed by atoms with E-state index in [2.05, 4.69) is 20.4 Å². The van der Waals surface area contributed by atoms with Crippen LogP contribution < -0.4 is 5.32 Å². The standard InChI is InChI=1S/C10H15F3N4.ClH/c1-7-5-14-2-3-17(7)6-8-4-9(16-15-8)10(11,12)13;/h4,7,14H,2-3,5-6H2,1H3,(H,15,16);1H/t7-;/m0./s1. The number of hydrogen-bond donors (Lipinski definition) is 2. The van der Waals surface area contributed by atoms with Crippen LogP contribution in [0.15, 0.2) is 6.07 Å². The molecule has 2 heterocycles. The second kappa shape index (κ2) is 5.90. The van der Waals surface area contributed by atoms with Crippen molar-refractivity contribution >= 4 is 12.4 Å². The zero-order valence-electron chi connectivity index (χ0n) is 9.92. The largest absolute Gasteiger partial charge is 0.435 e. The molecule has 0 bridgehead atoms. The minimum atomic E-state index is -4.37. The molecular weight excluding hydrogens is 269 g/mol. The number of aromatic amines is 1. The van der Waals surface area contributed by atoms with Crippen molar-refractivity contribution in [3.63, 3.8) is 0 Å². The first-order valence-electron chi connectivity index (χ1n) is 5.53. The Balaban J connectivity index is 0.00000162. The number of rotatable bonds is 2. The molecule has 0 saturated carbocycles. The second-order valence-electron chi connectivity index (χ2n) is 4.30. The average Bonchev–Trinajstić information content (AvgIpc) is 2.69. The molecule has 1 aromatic heterocycles. The fourth-order valence-electron chi connectivity index (χ4n) is 1.92. The Morgan fingerprint density at radius 3 is 2.78 bits per heavy atom. The molecule has 4 nitrogen and oxygen atoms in total. The zero-order valence-corrected chi connectivity index (χ0v) is 10.7. The van der Waals surface area contributed by atoms with Crippen molar-refractivity contribution < 1.29 is 13.2 Å². The molecule has 1 atom stereocenters. The maximum Gasteiger partial charge on any atom is 0.435 e. The van der Waals surface area contributed by atoms with Gasteiger partial charge in [-0.25, -0.2) is 0 Å². The highest BCUT2D eigenvalue weighted by Gasteiger charge is 2.34. The van der Waals surface area contributed by atoms with Crippen molar-refractivity contribution in [3.05, 3.63) is 17.5 Å². The smallest absolute Gasteiger partial charge is 0.314 e. The van der Waals surface area contributed by atoms with Gasteiger partial charge in [0.25, 0.3) is 0 Å². The van der Waals surface area contributed by atoms with E-state index in [4.69, 9.17) is 0 Å². The van der Waals surface area contributed by atoms with Crippen molar-refractivity contribution in [1.82, 2.24) is 20.4 Å². The molecular formula is C10H16ClF3N4. The predicted octanol–water partition coefficient (Wildman–Crippen LogP) is 1.64. The third kappa shape index (κ3) is 3.60. The van der Waals surface area contributed by atoms with Gasteiger partial charge in [-0.15, -0.1) is 12.4 Å². The SMILES string of the molecule is C[C@H]1CNCCN1Cc1cc(C(F)(F)F)n[nH]1.Cl. The van der Waals surface area contributed by atoms with Gasteiger partial charge in [0.1, 0.15) is 0 Å². The van der Waals surface area contributed by atoms with Gasteiger partial charge in [0.05, 0.1) is 0 Å². The van der Waals surface area contributed by atoms with Crippen LogP contribution in [0.2, 0.25) is 0 Å². The van der Waals surface area contributed by atoms with Gasteiger partial charge >= 0.3 is 6.18 Å². The third-order valence-electron chi connectivity index (χ3n) is 2.93. The Labute approximate surface area is 109 Å². The molecule has 0 amide bonds. The van der Waals surface area contributed by atoms with Crippen LogP contribution in [0, 0.1) is 0 Å². The maximum atomic E-state index is 12.4. The third-order valence-corrected chi connectivity index (χ3v) is 2.93. The summed E-state index contributed by atoms with van der Waals surface area (Å²) in [5.41, 5.74) is -0.346. The summed E-state index contributed by atoms with van der Waals surface area (Å²) < 4.78 is 37.1. The highest BCUT2D eigenvalue weighted by molar-refractivity contribution is 5.85. The summed E-state index contributed by atoms with van der Waals surface area (Å²) in [4.78, 5) is 2.13. The van der Waals surface area contributed by atoms with Gasteiger partial charge in [0.2, 0.25) is 0 Å². The molecule has 104 valence electrons. The van der Waals surface area contributed by atoms with E-state index in [9.17, 15) is 13.2 Å². The summed E-state index contributed by atoms with van der Waals surface area (Å²) in [6, 6.07) is 1.40. The van der Waals surface area contributed by atoms with Crippen LogP contribution in [0.1, 0.15) is 18.3 Å². The molecule has 1 fully saturated rings. The lowest BCUT2D eigenvalue weighted by atomic mass is 10.2. The Morgan fingerprint density at radius 2 is 2.22 bits per heavy atom. The summed E-state index contributed by atoms with van der Waals surface area (Å²) in [7, 11) is 0. The lowest BCUT2D eigenvalue weighted by molar-refractivity contribution is -0.141. The fraction of sp³-hybridized carbons (Fsp3) is 0.700.